The number of rotatable bonds is 6. The van der Waals surface area contributed by atoms with Crippen LogP contribution < -0.4 is 0 Å². The number of aliphatic hydroxyl groups excluding tert-OH is 5. The van der Waals surface area contributed by atoms with Crippen LogP contribution in [-0.2, 0) is 0 Å². The van der Waals surface area contributed by atoms with Gasteiger partial charge in [-0.25, -0.2) is 0 Å². The van der Waals surface area contributed by atoms with Crippen molar-refractivity contribution in [3.05, 3.63) is 41.7 Å². The van der Waals surface area contributed by atoms with E-state index in [-0.39, 0.29) is 0 Å². The first-order valence-corrected chi connectivity index (χ1v) is 6.55. The monoisotopic (exact) mass is 298 g/mol. The number of benzene rings is 1. The number of aliphatic hydroxyl groups is 6. The summed E-state index contributed by atoms with van der Waals surface area (Å²) in [4.78, 5) is 0. The van der Waals surface area contributed by atoms with Gasteiger partial charge in [-0.15, -0.1) is 0 Å². The van der Waals surface area contributed by atoms with E-state index in [1.54, 1.807) is 30.3 Å². The minimum absolute atomic E-state index is 0.560. The molecule has 0 saturated carbocycles. The van der Waals surface area contributed by atoms with Crippen LogP contribution in [0.25, 0.3) is 6.08 Å². The summed E-state index contributed by atoms with van der Waals surface area (Å²) >= 11 is 0. The minimum atomic E-state index is -1.86. The van der Waals surface area contributed by atoms with Crippen molar-refractivity contribution in [2.24, 2.45) is 0 Å². The van der Waals surface area contributed by atoms with Gasteiger partial charge in [-0.05, 0) is 25.5 Å². The first-order chi connectivity index (χ1) is 9.64. The second kappa shape index (κ2) is 7.02. The van der Waals surface area contributed by atoms with Crippen LogP contribution in [0.15, 0.2) is 36.1 Å². The van der Waals surface area contributed by atoms with Crippen molar-refractivity contribution in [2.75, 3.05) is 0 Å². The van der Waals surface area contributed by atoms with Crippen molar-refractivity contribution >= 4 is 6.08 Å². The summed E-state index contributed by atoms with van der Waals surface area (Å²) in [5, 5.41) is 58.4. The Labute approximate surface area is 123 Å². The van der Waals surface area contributed by atoms with E-state index in [2.05, 4.69) is 0 Å². The van der Waals surface area contributed by atoms with Gasteiger partial charge in [-0.3, -0.25) is 0 Å². The van der Waals surface area contributed by atoms with E-state index in [4.69, 9.17) is 0 Å². The van der Waals surface area contributed by atoms with Gasteiger partial charge in [0.15, 0.2) is 0 Å². The molecule has 6 N–H and O–H groups in total. The molecule has 1 aromatic carbocycles. The Hall–Kier alpha value is -1.44. The van der Waals surface area contributed by atoms with Crippen molar-refractivity contribution in [3.8, 4) is 0 Å². The molecule has 0 spiro atoms. The van der Waals surface area contributed by atoms with E-state index in [9.17, 15) is 30.6 Å². The Bertz CT molecular complexity index is 465. The highest BCUT2D eigenvalue weighted by molar-refractivity contribution is 5.51. The third-order valence-electron chi connectivity index (χ3n) is 3.14. The van der Waals surface area contributed by atoms with Gasteiger partial charge in [0.1, 0.15) is 30.2 Å². The van der Waals surface area contributed by atoms with Gasteiger partial charge in [-0.2, -0.15) is 0 Å². The van der Waals surface area contributed by atoms with Gasteiger partial charge >= 0.3 is 0 Å². The standard InChI is InChI=1S/C15H22O6/c1-15(2,21)14(20)13(19)12(18)11(17)10(16)8-9-6-4-3-5-7-9/h3-8,11-14,16-21H,1-2H3/t11-,12+,13-,14-/m0/s1. The average molecular weight is 298 g/mol. The fourth-order valence-corrected chi connectivity index (χ4v) is 1.77. The van der Waals surface area contributed by atoms with E-state index >= 15 is 0 Å². The van der Waals surface area contributed by atoms with Gasteiger partial charge in [0, 0.05) is 0 Å². The van der Waals surface area contributed by atoms with Crippen LogP contribution in [0, 0.1) is 0 Å². The van der Waals surface area contributed by atoms with Crippen molar-refractivity contribution in [2.45, 2.75) is 43.9 Å². The molecular formula is C15H22O6. The van der Waals surface area contributed by atoms with Crippen molar-refractivity contribution in [3.63, 3.8) is 0 Å². The minimum Gasteiger partial charge on any atom is -0.509 e. The molecule has 1 aromatic rings. The number of hydrogen-bond donors (Lipinski definition) is 6. The predicted octanol–water partition coefficient (Wildman–Crippen LogP) is -0.200. The Balaban J connectivity index is 2.82. The van der Waals surface area contributed by atoms with E-state index in [0.717, 1.165) is 0 Å². The maximum atomic E-state index is 9.81. The zero-order valence-electron chi connectivity index (χ0n) is 12.0. The molecule has 0 aromatic heterocycles. The van der Waals surface area contributed by atoms with Crippen molar-refractivity contribution < 1.29 is 30.6 Å². The first-order valence-electron chi connectivity index (χ1n) is 6.55. The number of hydrogen-bond acceptors (Lipinski definition) is 6. The Kier molecular flexibility index (Phi) is 5.88. The zero-order valence-corrected chi connectivity index (χ0v) is 12.0. The molecule has 0 aliphatic heterocycles. The molecular weight excluding hydrogens is 276 g/mol. The molecule has 6 nitrogen and oxygen atoms in total. The summed E-state index contributed by atoms with van der Waals surface area (Å²) in [7, 11) is 0. The maximum absolute atomic E-state index is 9.81. The molecule has 1 rings (SSSR count). The SMILES string of the molecule is CC(C)(O)[C@@H](O)[C@@H](O)[C@H](O)[C@@H](O)C(O)=Cc1ccccc1. The summed E-state index contributed by atoms with van der Waals surface area (Å²) in [6, 6.07) is 8.60. The van der Waals surface area contributed by atoms with E-state index in [0.29, 0.717) is 5.56 Å². The summed E-state index contributed by atoms with van der Waals surface area (Å²) in [5.74, 6) is -0.560. The van der Waals surface area contributed by atoms with Gasteiger partial charge in [-0.1, -0.05) is 30.3 Å². The molecule has 0 amide bonds. The topological polar surface area (TPSA) is 121 Å². The van der Waals surface area contributed by atoms with Gasteiger partial charge < -0.3 is 30.6 Å². The van der Waals surface area contributed by atoms with Gasteiger partial charge in [0.25, 0.3) is 0 Å². The van der Waals surface area contributed by atoms with Crippen LogP contribution in [0.3, 0.4) is 0 Å². The normalized spacial score (nSPS) is 18.9. The van der Waals surface area contributed by atoms with Crippen LogP contribution in [-0.4, -0.2) is 60.7 Å². The highest BCUT2D eigenvalue weighted by Crippen LogP contribution is 2.19. The zero-order chi connectivity index (χ0) is 16.2. The smallest absolute Gasteiger partial charge is 0.139 e. The fraction of sp³-hybridized carbons (Fsp3) is 0.467. The molecule has 118 valence electrons. The Morgan fingerprint density at radius 3 is 2.00 bits per heavy atom. The summed E-state index contributed by atoms with van der Waals surface area (Å²) in [5.41, 5.74) is -1.07. The second-order valence-corrected chi connectivity index (χ2v) is 5.50. The summed E-state index contributed by atoms with van der Waals surface area (Å²) < 4.78 is 0. The lowest BCUT2D eigenvalue weighted by molar-refractivity contribution is -0.156. The van der Waals surface area contributed by atoms with Crippen LogP contribution in [0.1, 0.15) is 19.4 Å². The third kappa shape index (κ3) is 4.80. The van der Waals surface area contributed by atoms with Gasteiger partial charge in [0.05, 0.1) is 5.60 Å². The second-order valence-electron chi connectivity index (χ2n) is 5.50. The van der Waals surface area contributed by atoms with Crippen LogP contribution in [0.5, 0.6) is 0 Å². The molecule has 0 aliphatic rings. The average Bonchev–Trinajstić information content (AvgIpc) is 2.44. The maximum Gasteiger partial charge on any atom is 0.139 e. The molecule has 0 saturated heterocycles. The molecule has 0 unspecified atom stereocenters. The molecule has 0 radical (unpaired) electrons. The molecule has 21 heavy (non-hydrogen) atoms. The quantitative estimate of drug-likeness (QED) is 0.405. The largest absolute Gasteiger partial charge is 0.509 e. The van der Waals surface area contributed by atoms with Crippen molar-refractivity contribution in [1.82, 2.24) is 0 Å². The lowest BCUT2D eigenvalue weighted by Crippen LogP contribution is -2.53. The van der Waals surface area contributed by atoms with E-state index in [1.807, 2.05) is 0 Å². The van der Waals surface area contributed by atoms with Crippen LogP contribution in [0.4, 0.5) is 0 Å². The molecule has 0 fully saturated rings. The Morgan fingerprint density at radius 2 is 1.52 bits per heavy atom. The van der Waals surface area contributed by atoms with E-state index < -0.39 is 35.8 Å². The molecule has 0 heterocycles. The molecule has 0 bridgehead atoms. The first kappa shape index (κ1) is 17.6. The van der Waals surface area contributed by atoms with Crippen LogP contribution in [0.2, 0.25) is 0 Å². The van der Waals surface area contributed by atoms with Crippen molar-refractivity contribution in [1.29, 1.82) is 0 Å². The highest BCUT2D eigenvalue weighted by Gasteiger charge is 2.39. The lowest BCUT2D eigenvalue weighted by atomic mass is 9.91. The third-order valence-corrected chi connectivity index (χ3v) is 3.14. The Morgan fingerprint density at radius 1 is 1.00 bits per heavy atom. The van der Waals surface area contributed by atoms with E-state index in [1.165, 1.54) is 19.9 Å². The predicted molar refractivity (Wildman–Crippen MR) is 77.4 cm³/mol. The van der Waals surface area contributed by atoms with Crippen LogP contribution >= 0.6 is 0 Å². The molecule has 4 atom stereocenters. The summed E-state index contributed by atoms with van der Waals surface area (Å²) in [6.45, 7) is 2.50. The molecule has 6 heteroatoms. The lowest BCUT2D eigenvalue weighted by Gasteiger charge is -2.32. The molecule has 0 aliphatic carbocycles. The van der Waals surface area contributed by atoms with Gasteiger partial charge in [0.2, 0.25) is 0 Å². The fourth-order valence-electron chi connectivity index (χ4n) is 1.77. The summed E-state index contributed by atoms with van der Waals surface area (Å²) in [6.07, 6.45) is -5.93. The highest BCUT2D eigenvalue weighted by atomic mass is 16.4.